The van der Waals surface area contributed by atoms with Crippen LogP contribution in [0.2, 0.25) is 0 Å². The molecule has 12 rings (SSSR count). The maximum atomic E-state index is 12.8. The van der Waals surface area contributed by atoms with Gasteiger partial charge in [0, 0.05) is 31.5 Å². The monoisotopic (exact) mass is 1360 g/mol. The van der Waals surface area contributed by atoms with Crippen LogP contribution in [0, 0.1) is 7.43 Å². The Morgan fingerprint density at radius 3 is 1.16 bits per heavy atom. The molecular weight excluding hydrogens is 1310 g/mol. The standard InChI is InChI=1S/C29H18O7.C29H20O6.C15H10O5.C2H6.CH3.Pd/c30-25-21-13-7-8-14-22(21)34-27(26(25)31)20-15-16-23(35-28(32)18-9-3-1-4-10-18)24(17-20)36-29(33)19-11-5-2-6-12-19;30-24-14-8-7-13-23(24)25(31)17-15-20-16-18-26(34-28(32)21-9-3-1-4-10-21)27(19-20)35-29(33)22-11-5-2-6-12-22;16-10-6-5-8(7-11(10)17)15-14(19)13(18)9-3-1-2-4-12(9)20-15;1-2;;/h1-17,31H;1-19,30H;1-7,16-17,19H;1-2H3;1H3;/q;;;;-1;/b;17-15+;;;;. The minimum atomic E-state index is -0.686. The first-order chi connectivity index (χ1) is 45.1. The van der Waals surface area contributed by atoms with Gasteiger partial charge in [-0.2, -0.15) is 0 Å². The Kier molecular flexibility index (Phi) is 24.4. The molecule has 19 heteroatoms. The molecule has 12 aromatic rings. The van der Waals surface area contributed by atoms with Gasteiger partial charge in [0.05, 0.1) is 38.6 Å². The summed E-state index contributed by atoms with van der Waals surface area (Å²) in [6.45, 7) is 4.00. The van der Waals surface area contributed by atoms with Crippen molar-refractivity contribution in [3.63, 3.8) is 0 Å². The van der Waals surface area contributed by atoms with Gasteiger partial charge in [-0.3, -0.25) is 14.4 Å². The fourth-order valence-corrected chi connectivity index (χ4v) is 8.80. The maximum absolute atomic E-state index is 12.8. The zero-order valence-electron chi connectivity index (χ0n) is 50.7. The number of benzene rings is 10. The summed E-state index contributed by atoms with van der Waals surface area (Å²) < 4.78 is 33.4. The number of carbonyl (C=O) groups is 5. The Labute approximate surface area is 556 Å². The smallest absolute Gasteiger partial charge is 0.343 e. The third kappa shape index (κ3) is 17.3. The summed E-state index contributed by atoms with van der Waals surface area (Å²) in [5, 5.41) is 49.7. The van der Waals surface area contributed by atoms with Crippen LogP contribution in [0.4, 0.5) is 0 Å². The van der Waals surface area contributed by atoms with Gasteiger partial charge in [-0.1, -0.05) is 135 Å². The van der Waals surface area contributed by atoms with E-state index in [1.54, 1.807) is 188 Å². The second kappa shape index (κ2) is 33.1. The van der Waals surface area contributed by atoms with Crippen molar-refractivity contribution >= 4 is 57.7 Å². The molecule has 0 saturated heterocycles. The molecule has 0 bridgehead atoms. The molecular formula is C76H57O18Pd-. The van der Waals surface area contributed by atoms with E-state index in [4.69, 9.17) is 27.8 Å². The van der Waals surface area contributed by atoms with E-state index < -0.39 is 52.0 Å². The summed E-state index contributed by atoms with van der Waals surface area (Å²) in [4.78, 5) is 87.8. The fraction of sp³-hybridized carbons (Fsp3) is 0.0263. The van der Waals surface area contributed by atoms with Gasteiger partial charge in [0.2, 0.25) is 22.4 Å². The maximum Gasteiger partial charge on any atom is 0.343 e. The Bertz CT molecular complexity index is 4860. The predicted molar refractivity (Wildman–Crippen MR) is 354 cm³/mol. The number of ketones is 1. The van der Waals surface area contributed by atoms with Crippen LogP contribution in [0.1, 0.15) is 71.2 Å². The van der Waals surface area contributed by atoms with Crippen LogP contribution in [-0.4, -0.2) is 55.2 Å². The van der Waals surface area contributed by atoms with Crippen molar-refractivity contribution in [2.75, 3.05) is 0 Å². The molecule has 0 aliphatic heterocycles. The molecule has 0 aliphatic rings. The third-order valence-corrected chi connectivity index (χ3v) is 13.4. The van der Waals surface area contributed by atoms with Gasteiger partial charge in [0.25, 0.3) is 0 Å². The van der Waals surface area contributed by atoms with Crippen molar-refractivity contribution in [3.05, 3.63) is 316 Å². The molecule has 0 fully saturated rings. The minimum absolute atomic E-state index is 0. The van der Waals surface area contributed by atoms with Crippen molar-refractivity contribution in [2.45, 2.75) is 13.8 Å². The molecule has 0 saturated carbocycles. The van der Waals surface area contributed by atoms with Crippen molar-refractivity contribution in [2.24, 2.45) is 0 Å². The number of ether oxygens (including phenoxy) is 4. The third-order valence-electron chi connectivity index (χ3n) is 13.4. The second-order valence-corrected chi connectivity index (χ2v) is 19.5. The van der Waals surface area contributed by atoms with Gasteiger partial charge in [-0.25, -0.2) is 19.2 Å². The van der Waals surface area contributed by atoms with Crippen LogP contribution in [0.5, 0.6) is 51.7 Å². The van der Waals surface area contributed by atoms with Crippen molar-refractivity contribution in [1.82, 2.24) is 0 Å². The number of fused-ring (bicyclic) bond motifs is 2. The number of phenolic OH excluding ortho intramolecular Hbond substituents is 3. The molecule has 0 aliphatic carbocycles. The average Bonchev–Trinajstić information content (AvgIpc) is 0.798. The summed E-state index contributed by atoms with van der Waals surface area (Å²) in [6, 6.07) is 65.4. The van der Waals surface area contributed by atoms with Gasteiger partial charge in [0.1, 0.15) is 16.9 Å². The topological polar surface area (TPSA) is 284 Å². The van der Waals surface area contributed by atoms with Crippen LogP contribution >= 0.6 is 0 Å². The molecule has 10 aromatic carbocycles. The van der Waals surface area contributed by atoms with E-state index in [1.165, 1.54) is 72.8 Å². The summed E-state index contributed by atoms with van der Waals surface area (Å²) in [7, 11) is 0. The number of allylic oxidation sites excluding steroid dienone is 1. The molecule has 0 atom stereocenters. The number of hydrogen-bond acceptors (Lipinski definition) is 18. The van der Waals surface area contributed by atoms with Crippen molar-refractivity contribution in [3.8, 4) is 74.4 Å². The van der Waals surface area contributed by atoms with Crippen LogP contribution < -0.4 is 29.8 Å². The summed E-state index contributed by atoms with van der Waals surface area (Å²) in [5.41, 5.74) is 1.92. The summed E-state index contributed by atoms with van der Waals surface area (Å²) >= 11 is 0. The van der Waals surface area contributed by atoms with Gasteiger partial charge in [-0.15, -0.1) is 0 Å². The van der Waals surface area contributed by atoms with E-state index in [0.717, 1.165) is 0 Å². The molecule has 0 amide bonds. The molecule has 0 unspecified atom stereocenters. The van der Waals surface area contributed by atoms with Crippen molar-refractivity contribution in [1.29, 1.82) is 0 Å². The largest absolute Gasteiger partial charge is 0.507 e. The van der Waals surface area contributed by atoms with E-state index in [9.17, 15) is 59.1 Å². The SMILES string of the molecule is CC.O=C(Oc1ccc(-c2oc3ccccc3c(=O)c2O)cc1OC(=O)c1ccccc1)c1ccccc1.O=C(Oc1ccc(/C=C/C(=O)c2ccccc2O)cc1OC(=O)c1ccccc1)c1ccccc1.O=c1c(O)c(-c2ccc(O)c(O)c2)oc2ccccc12.[CH3-].[Pd]. The summed E-state index contributed by atoms with van der Waals surface area (Å²) in [5.74, 6) is -5.11. The first-order valence-electron chi connectivity index (χ1n) is 28.5. The molecule has 5 N–H and O–H groups in total. The van der Waals surface area contributed by atoms with E-state index in [1.807, 2.05) is 13.8 Å². The van der Waals surface area contributed by atoms with Gasteiger partial charge in [0.15, 0.2) is 51.8 Å². The minimum Gasteiger partial charge on any atom is -0.507 e. The first-order valence-corrected chi connectivity index (χ1v) is 28.5. The van der Waals surface area contributed by atoms with Gasteiger partial charge >= 0.3 is 23.9 Å². The van der Waals surface area contributed by atoms with Gasteiger partial charge in [-0.05, 0) is 145 Å². The zero-order chi connectivity index (χ0) is 66.0. The van der Waals surface area contributed by atoms with Gasteiger partial charge < -0.3 is 60.7 Å². The Morgan fingerprint density at radius 2 is 0.726 bits per heavy atom. The van der Waals surface area contributed by atoms with Crippen LogP contribution in [0.3, 0.4) is 0 Å². The quantitative estimate of drug-likeness (QED) is 0.0136. The van der Waals surface area contributed by atoms with E-state index in [-0.39, 0.29) is 113 Å². The number of para-hydroxylation sites is 3. The van der Waals surface area contributed by atoms with E-state index in [2.05, 4.69) is 0 Å². The number of rotatable bonds is 13. The number of carbonyl (C=O) groups excluding carboxylic acids is 5. The molecule has 95 heavy (non-hydrogen) atoms. The number of aromatic hydroxyl groups is 5. The average molecular weight is 1360 g/mol. The van der Waals surface area contributed by atoms with E-state index in [0.29, 0.717) is 33.4 Å². The Morgan fingerprint density at radius 1 is 0.368 bits per heavy atom. The molecule has 0 radical (unpaired) electrons. The second-order valence-electron chi connectivity index (χ2n) is 19.5. The fourth-order valence-electron chi connectivity index (χ4n) is 8.80. The normalized spacial score (nSPS) is 10.3. The molecule has 2 aromatic heterocycles. The number of hydrogen-bond donors (Lipinski definition) is 5. The number of phenols is 3. The van der Waals surface area contributed by atoms with Crippen LogP contribution in [-0.2, 0) is 20.4 Å². The Hall–Kier alpha value is -12.4. The Balaban J connectivity index is 0.000000204. The summed E-state index contributed by atoms with van der Waals surface area (Å²) in [6.07, 6.45) is 2.81. The van der Waals surface area contributed by atoms with Crippen LogP contribution in [0.15, 0.2) is 273 Å². The predicted octanol–water partition coefficient (Wildman–Crippen LogP) is 15.4. The van der Waals surface area contributed by atoms with Crippen LogP contribution in [0.25, 0.3) is 50.7 Å². The molecule has 0 spiro atoms. The van der Waals surface area contributed by atoms with E-state index >= 15 is 0 Å². The number of esters is 4. The molecule has 480 valence electrons. The molecule has 2 heterocycles. The van der Waals surface area contributed by atoms with Crippen molar-refractivity contribution < 1.29 is 97.7 Å². The molecule has 18 nitrogen and oxygen atoms in total. The zero-order valence-corrected chi connectivity index (χ0v) is 52.2. The first kappa shape index (κ1) is 70.0.